The summed E-state index contributed by atoms with van der Waals surface area (Å²) in [5.41, 5.74) is 0. The van der Waals surface area contributed by atoms with Crippen LogP contribution in [0.1, 0.15) is 12.8 Å². The van der Waals surface area contributed by atoms with E-state index in [1.807, 2.05) is 0 Å². The molecule has 1 saturated heterocycles. The molecular weight excluding hydrogens is 268 g/mol. The third kappa shape index (κ3) is 5.01. The maximum atomic E-state index is 11.7. The summed E-state index contributed by atoms with van der Waals surface area (Å²) in [4.78, 5) is 28.4. The van der Waals surface area contributed by atoms with E-state index in [1.54, 1.807) is 0 Å². The summed E-state index contributed by atoms with van der Waals surface area (Å²) in [5, 5.41) is 24.6. The number of amides is 1. The maximum absolute atomic E-state index is 11.7. The normalized spacial score (nSPS) is 15.7. The number of hydrazine groups is 1. The molecule has 0 aliphatic carbocycles. The van der Waals surface area contributed by atoms with Crippen molar-refractivity contribution in [1.82, 2.24) is 9.91 Å². The van der Waals surface area contributed by atoms with E-state index in [0.717, 1.165) is 0 Å². The Morgan fingerprint density at radius 3 is 2.55 bits per heavy atom. The van der Waals surface area contributed by atoms with Gasteiger partial charge >= 0.3 is 5.97 Å². The molecule has 0 unspecified atom stereocenters. The number of aliphatic carboxylic acids is 1. The standard InChI is InChI=1S/C11H16N4O5/c1-2-9-20-12-15(19)14-7-5-13(6-8-14)10(16)3-4-11(17)18/h1H,3-9H2,(H,17,18)/b15-12-. The first-order valence-corrected chi connectivity index (χ1v) is 6.02. The molecule has 20 heavy (non-hydrogen) atoms. The van der Waals surface area contributed by atoms with E-state index in [9.17, 15) is 14.8 Å². The molecule has 0 aromatic heterocycles. The van der Waals surface area contributed by atoms with Gasteiger partial charge in [-0.1, -0.05) is 5.92 Å². The van der Waals surface area contributed by atoms with Crippen LogP contribution in [0.25, 0.3) is 0 Å². The van der Waals surface area contributed by atoms with Crippen LogP contribution in [0.4, 0.5) is 0 Å². The highest BCUT2D eigenvalue weighted by molar-refractivity contribution is 5.80. The lowest BCUT2D eigenvalue weighted by molar-refractivity contribution is -0.712. The number of rotatable bonds is 6. The average Bonchev–Trinajstić information content (AvgIpc) is 2.45. The van der Waals surface area contributed by atoms with Crippen LogP contribution in [0, 0.1) is 17.6 Å². The number of carboxylic acid groups (broad SMARTS) is 1. The number of hydrogen-bond donors (Lipinski definition) is 1. The molecule has 0 bridgehead atoms. The Morgan fingerprint density at radius 2 is 2.00 bits per heavy atom. The summed E-state index contributed by atoms with van der Waals surface area (Å²) in [5.74, 6) is 0.932. The van der Waals surface area contributed by atoms with Gasteiger partial charge in [-0.05, 0) is 0 Å². The van der Waals surface area contributed by atoms with Crippen LogP contribution in [-0.4, -0.2) is 64.6 Å². The van der Waals surface area contributed by atoms with Crippen LogP contribution in [0.5, 0.6) is 0 Å². The van der Waals surface area contributed by atoms with Gasteiger partial charge in [0, 0.05) is 19.5 Å². The zero-order chi connectivity index (χ0) is 15.0. The number of nitrogens with zero attached hydrogens (tertiary/aromatic N) is 4. The minimum absolute atomic E-state index is 0.0356. The summed E-state index contributed by atoms with van der Waals surface area (Å²) in [6.45, 7) is 1.17. The van der Waals surface area contributed by atoms with E-state index in [1.165, 1.54) is 9.91 Å². The van der Waals surface area contributed by atoms with Gasteiger partial charge in [-0.2, -0.15) is 0 Å². The molecule has 1 aliphatic rings. The van der Waals surface area contributed by atoms with Crippen molar-refractivity contribution in [2.24, 2.45) is 5.28 Å². The molecule has 0 aromatic carbocycles. The van der Waals surface area contributed by atoms with E-state index >= 15 is 0 Å². The minimum Gasteiger partial charge on any atom is -0.569 e. The second-order valence-electron chi connectivity index (χ2n) is 4.04. The lowest BCUT2D eigenvalue weighted by Gasteiger charge is -2.31. The lowest BCUT2D eigenvalue weighted by atomic mass is 10.2. The molecule has 1 N–H and O–H groups in total. The molecule has 1 heterocycles. The predicted molar refractivity (Wildman–Crippen MR) is 65.9 cm³/mol. The molecule has 9 heteroatoms. The van der Waals surface area contributed by atoms with Crippen molar-refractivity contribution in [2.75, 3.05) is 32.8 Å². The van der Waals surface area contributed by atoms with Crippen molar-refractivity contribution < 1.29 is 24.5 Å². The van der Waals surface area contributed by atoms with Crippen molar-refractivity contribution in [3.05, 3.63) is 5.21 Å². The molecule has 0 spiro atoms. The summed E-state index contributed by atoms with van der Waals surface area (Å²) >= 11 is 0. The van der Waals surface area contributed by atoms with Gasteiger partial charge in [-0.3, -0.25) is 9.59 Å². The smallest absolute Gasteiger partial charge is 0.303 e. The number of carbonyl (C=O) groups excluding carboxylic acids is 1. The molecule has 1 aliphatic heterocycles. The molecule has 9 nitrogen and oxygen atoms in total. The third-order valence-electron chi connectivity index (χ3n) is 2.68. The second-order valence-corrected chi connectivity index (χ2v) is 4.04. The van der Waals surface area contributed by atoms with Crippen molar-refractivity contribution in [3.63, 3.8) is 0 Å². The van der Waals surface area contributed by atoms with Crippen molar-refractivity contribution in [3.8, 4) is 12.3 Å². The molecule has 0 radical (unpaired) electrons. The monoisotopic (exact) mass is 284 g/mol. The Kier molecular flexibility index (Phi) is 6.09. The van der Waals surface area contributed by atoms with Crippen LogP contribution in [0.2, 0.25) is 0 Å². The van der Waals surface area contributed by atoms with Crippen LogP contribution in [-0.2, 0) is 14.4 Å². The highest BCUT2D eigenvalue weighted by Gasteiger charge is 2.25. The molecule has 0 saturated carbocycles. The lowest BCUT2D eigenvalue weighted by Crippen LogP contribution is -2.50. The van der Waals surface area contributed by atoms with Gasteiger partial charge < -0.3 is 20.1 Å². The first-order valence-electron chi connectivity index (χ1n) is 6.02. The zero-order valence-corrected chi connectivity index (χ0v) is 10.9. The third-order valence-corrected chi connectivity index (χ3v) is 2.68. The Balaban J connectivity index is 2.36. The number of terminal acetylenes is 1. The fourth-order valence-corrected chi connectivity index (χ4v) is 1.66. The number of hydrogen-bond acceptors (Lipinski definition) is 5. The van der Waals surface area contributed by atoms with Gasteiger partial charge in [-0.25, -0.2) is 0 Å². The topological polar surface area (TPSA) is 109 Å². The van der Waals surface area contributed by atoms with Crippen LogP contribution in [0.3, 0.4) is 0 Å². The second kappa shape index (κ2) is 7.83. The fourth-order valence-electron chi connectivity index (χ4n) is 1.66. The fraction of sp³-hybridized carbons (Fsp3) is 0.636. The van der Waals surface area contributed by atoms with Crippen LogP contribution >= 0.6 is 0 Å². The Labute approximate surface area is 115 Å². The van der Waals surface area contributed by atoms with E-state index in [2.05, 4.69) is 16.0 Å². The quantitative estimate of drug-likeness (QED) is 0.230. The Morgan fingerprint density at radius 1 is 1.35 bits per heavy atom. The molecule has 110 valence electrons. The molecule has 0 atom stereocenters. The Hall–Kier alpha value is -2.50. The van der Waals surface area contributed by atoms with Crippen LogP contribution < -0.4 is 0 Å². The van der Waals surface area contributed by atoms with Gasteiger partial charge in [-0.15, -0.1) is 11.4 Å². The van der Waals surface area contributed by atoms with Gasteiger partial charge in [0.15, 0.2) is 6.61 Å². The summed E-state index contributed by atoms with van der Waals surface area (Å²) < 4.78 is 0. The van der Waals surface area contributed by atoms with E-state index in [0.29, 0.717) is 31.1 Å². The molecule has 0 aromatic rings. The average molecular weight is 284 g/mol. The first-order chi connectivity index (χ1) is 9.54. The molecule has 1 rings (SSSR count). The SMILES string of the molecule is C#CCO/N=[N+](\[O-])N1CCN(C(=O)CCC(=O)O)CC1. The number of carboxylic acids is 1. The molecule has 1 fully saturated rings. The summed E-state index contributed by atoms with van der Waals surface area (Å²) in [6.07, 6.45) is 4.71. The van der Waals surface area contributed by atoms with Gasteiger partial charge in [0.05, 0.1) is 24.5 Å². The molecular formula is C11H16N4O5. The summed E-state index contributed by atoms with van der Waals surface area (Å²) in [7, 11) is 0. The minimum atomic E-state index is -1.01. The summed E-state index contributed by atoms with van der Waals surface area (Å²) in [6, 6.07) is 0. The van der Waals surface area contributed by atoms with Gasteiger partial charge in [0.1, 0.15) is 0 Å². The predicted octanol–water partition coefficient (Wildman–Crippen LogP) is -0.562. The number of carbonyl (C=O) groups is 2. The Bertz CT molecular complexity index is 423. The van der Waals surface area contributed by atoms with Crippen LogP contribution in [0.15, 0.2) is 5.28 Å². The van der Waals surface area contributed by atoms with Crippen molar-refractivity contribution in [1.29, 1.82) is 0 Å². The van der Waals surface area contributed by atoms with E-state index < -0.39 is 5.97 Å². The number of piperazine rings is 1. The first kappa shape index (κ1) is 15.6. The largest absolute Gasteiger partial charge is 0.569 e. The van der Waals surface area contributed by atoms with Crippen molar-refractivity contribution in [2.45, 2.75) is 12.8 Å². The van der Waals surface area contributed by atoms with E-state index in [4.69, 9.17) is 11.5 Å². The zero-order valence-electron chi connectivity index (χ0n) is 10.9. The molecule has 1 amide bonds. The maximum Gasteiger partial charge on any atom is 0.303 e. The highest BCUT2D eigenvalue weighted by Crippen LogP contribution is 2.05. The van der Waals surface area contributed by atoms with Crippen molar-refractivity contribution >= 4 is 11.9 Å². The van der Waals surface area contributed by atoms with Gasteiger partial charge in [0.2, 0.25) is 11.2 Å². The van der Waals surface area contributed by atoms with E-state index in [-0.39, 0.29) is 25.4 Å². The van der Waals surface area contributed by atoms with Gasteiger partial charge in [0.25, 0.3) is 0 Å². The highest BCUT2D eigenvalue weighted by atomic mass is 16.7.